The fourth-order valence-electron chi connectivity index (χ4n) is 1.56. The predicted molar refractivity (Wildman–Crippen MR) is 78.6 cm³/mol. The maximum atomic E-state index is 13.4. The van der Waals surface area contributed by atoms with E-state index in [1.54, 1.807) is 12.1 Å². The van der Waals surface area contributed by atoms with Crippen molar-refractivity contribution in [1.29, 1.82) is 0 Å². The Morgan fingerprint density at radius 3 is 2.83 bits per heavy atom. The Morgan fingerprint density at radius 2 is 2.09 bits per heavy atom. The minimum atomic E-state index is -0.702. The Bertz CT molecular complexity index is 676. The summed E-state index contributed by atoms with van der Waals surface area (Å²) >= 11 is 0.796. The van der Waals surface area contributed by atoms with E-state index in [-0.39, 0.29) is 17.2 Å². The fourth-order valence-corrected chi connectivity index (χ4v) is 2.32. The van der Waals surface area contributed by atoms with Crippen LogP contribution in [0, 0.1) is 11.6 Å². The highest BCUT2D eigenvalue weighted by Gasteiger charge is 2.11. The smallest absolute Gasteiger partial charge is 0.316 e. The molecule has 0 saturated heterocycles. The van der Waals surface area contributed by atoms with E-state index in [4.69, 9.17) is 9.15 Å². The molecular formula is C15H13F2NO4S. The lowest BCUT2D eigenvalue weighted by Gasteiger charge is -2.06. The average molecular weight is 341 g/mol. The molecule has 5 nitrogen and oxygen atoms in total. The molecule has 0 saturated carbocycles. The molecule has 1 aromatic heterocycles. The number of amides is 1. The molecular weight excluding hydrogens is 328 g/mol. The van der Waals surface area contributed by atoms with E-state index in [2.05, 4.69) is 5.32 Å². The van der Waals surface area contributed by atoms with Gasteiger partial charge < -0.3 is 14.5 Å². The van der Waals surface area contributed by atoms with Gasteiger partial charge in [-0.05, 0) is 30.3 Å². The molecule has 0 aliphatic rings. The SMILES string of the molecule is O=C(COC(=O)CSc1cc(F)ccc1F)NCc1ccco1. The fraction of sp³-hybridized carbons (Fsp3) is 0.200. The molecule has 0 aliphatic carbocycles. The van der Waals surface area contributed by atoms with E-state index >= 15 is 0 Å². The van der Waals surface area contributed by atoms with Crippen LogP contribution >= 0.6 is 11.8 Å². The van der Waals surface area contributed by atoms with Crippen molar-refractivity contribution < 1.29 is 27.5 Å². The van der Waals surface area contributed by atoms with Gasteiger partial charge in [0.1, 0.15) is 17.4 Å². The summed E-state index contributed by atoms with van der Waals surface area (Å²) in [4.78, 5) is 23.0. The highest BCUT2D eigenvalue weighted by Crippen LogP contribution is 2.22. The number of halogens is 2. The standard InChI is InChI=1S/C15H13F2NO4S/c16-10-3-4-12(17)13(6-10)23-9-15(20)22-8-14(19)18-7-11-2-1-5-21-11/h1-6H,7-9H2,(H,18,19). The van der Waals surface area contributed by atoms with Gasteiger partial charge in [0.15, 0.2) is 6.61 Å². The average Bonchev–Trinajstić information content (AvgIpc) is 3.05. The maximum absolute atomic E-state index is 13.4. The molecule has 2 aromatic rings. The summed E-state index contributed by atoms with van der Waals surface area (Å²) in [6.45, 7) is -0.266. The lowest BCUT2D eigenvalue weighted by molar-refractivity contribution is -0.146. The summed E-state index contributed by atoms with van der Waals surface area (Å²) < 4.78 is 36.1. The molecule has 1 aromatic carbocycles. The van der Waals surface area contributed by atoms with Crippen molar-refractivity contribution in [2.45, 2.75) is 11.4 Å². The first kappa shape index (κ1) is 17.0. The van der Waals surface area contributed by atoms with Crippen LogP contribution in [0.2, 0.25) is 0 Å². The molecule has 122 valence electrons. The number of thioether (sulfide) groups is 1. The first-order valence-corrected chi connectivity index (χ1v) is 7.55. The molecule has 1 N–H and O–H groups in total. The van der Waals surface area contributed by atoms with Crippen molar-refractivity contribution in [3.05, 3.63) is 54.0 Å². The van der Waals surface area contributed by atoms with Crippen molar-refractivity contribution >= 4 is 23.6 Å². The van der Waals surface area contributed by atoms with Gasteiger partial charge in [0, 0.05) is 4.90 Å². The van der Waals surface area contributed by atoms with Gasteiger partial charge in [0.25, 0.3) is 5.91 Å². The lowest BCUT2D eigenvalue weighted by Crippen LogP contribution is -2.28. The van der Waals surface area contributed by atoms with Gasteiger partial charge in [-0.2, -0.15) is 0 Å². The second-order valence-corrected chi connectivity index (χ2v) is 5.40. The number of esters is 1. The van der Waals surface area contributed by atoms with E-state index in [9.17, 15) is 18.4 Å². The van der Waals surface area contributed by atoms with Gasteiger partial charge >= 0.3 is 5.97 Å². The zero-order chi connectivity index (χ0) is 16.7. The Morgan fingerprint density at radius 1 is 1.26 bits per heavy atom. The number of hydrogen-bond acceptors (Lipinski definition) is 5. The predicted octanol–water partition coefficient (Wildman–Crippen LogP) is 2.51. The lowest BCUT2D eigenvalue weighted by atomic mass is 10.3. The second-order valence-electron chi connectivity index (χ2n) is 4.38. The highest BCUT2D eigenvalue weighted by atomic mass is 32.2. The van der Waals surface area contributed by atoms with Crippen LogP contribution in [0.3, 0.4) is 0 Å². The summed E-state index contributed by atoms with van der Waals surface area (Å²) in [5.41, 5.74) is 0. The van der Waals surface area contributed by atoms with Crippen LogP contribution in [0.15, 0.2) is 45.9 Å². The normalized spacial score (nSPS) is 10.3. The monoisotopic (exact) mass is 341 g/mol. The zero-order valence-electron chi connectivity index (χ0n) is 11.9. The number of carbonyl (C=O) groups is 2. The van der Waals surface area contributed by atoms with Gasteiger partial charge in [0.2, 0.25) is 0 Å². The van der Waals surface area contributed by atoms with Gasteiger partial charge in [-0.15, -0.1) is 11.8 Å². The van der Waals surface area contributed by atoms with Gasteiger partial charge in [-0.3, -0.25) is 9.59 Å². The number of ether oxygens (including phenoxy) is 1. The van der Waals surface area contributed by atoms with Gasteiger partial charge in [-0.25, -0.2) is 8.78 Å². The van der Waals surface area contributed by atoms with Crippen molar-refractivity contribution in [2.75, 3.05) is 12.4 Å². The quantitative estimate of drug-likeness (QED) is 0.619. The highest BCUT2D eigenvalue weighted by molar-refractivity contribution is 8.00. The molecule has 0 aliphatic heterocycles. The molecule has 0 bridgehead atoms. The first-order chi connectivity index (χ1) is 11.0. The molecule has 1 amide bonds. The molecule has 0 atom stereocenters. The Kier molecular flexibility index (Phi) is 6.16. The Balaban J connectivity index is 1.68. The van der Waals surface area contributed by atoms with E-state index in [0.29, 0.717) is 5.76 Å². The summed E-state index contributed by atoms with van der Waals surface area (Å²) in [5, 5.41) is 2.50. The molecule has 0 spiro atoms. The van der Waals surface area contributed by atoms with E-state index < -0.39 is 30.1 Å². The minimum absolute atomic E-state index is 0.00391. The molecule has 2 rings (SSSR count). The third-order valence-electron chi connectivity index (χ3n) is 2.64. The Labute approximate surface area is 135 Å². The summed E-state index contributed by atoms with van der Waals surface area (Å²) in [7, 11) is 0. The largest absolute Gasteiger partial charge is 0.467 e. The molecule has 0 radical (unpaired) electrons. The summed E-state index contributed by atoms with van der Waals surface area (Å²) in [5.74, 6) is -2.07. The van der Waals surface area contributed by atoms with Crippen LogP contribution in [0.1, 0.15) is 5.76 Å². The molecule has 0 fully saturated rings. The van der Waals surface area contributed by atoms with Gasteiger partial charge in [0.05, 0.1) is 18.6 Å². The van der Waals surface area contributed by atoms with Crippen molar-refractivity contribution in [3.63, 3.8) is 0 Å². The minimum Gasteiger partial charge on any atom is -0.467 e. The van der Waals surface area contributed by atoms with E-state index in [1.807, 2.05) is 0 Å². The third-order valence-corrected chi connectivity index (χ3v) is 3.65. The maximum Gasteiger partial charge on any atom is 0.316 e. The molecule has 0 unspecified atom stereocenters. The molecule has 1 heterocycles. The van der Waals surface area contributed by atoms with Crippen molar-refractivity contribution in [2.24, 2.45) is 0 Å². The van der Waals surface area contributed by atoms with Crippen LogP contribution < -0.4 is 5.32 Å². The van der Waals surface area contributed by atoms with E-state index in [0.717, 1.165) is 30.0 Å². The number of hydrogen-bond donors (Lipinski definition) is 1. The molecule has 23 heavy (non-hydrogen) atoms. The third kappa shape index (κ3) is 5.74. The van der Waals surface area contributed by atoms with Crippen LogP contribution in [0.5, 0.6) is 0 Å². The summed E-state index contributed by atoms with van der Waals surface area (Å²) in [6.07, 6.45) is 1.48. The number of carbonyl (C=O) groups excluding carboxylic acids is 2. The number of rotatable bonds is 7. The van der Waals surface area contributed by atoms with Crippen molar-refractivity contribution in [1.82, 2.24) is 5.32 Å². The topological polar surface area (TPSA) is 68.5 Å². The van der Waals surface area contributed by atoms with Crippen molar-refractivity contribution in [3.8, 4) is 0 Å². The van der Waals surface area contributed by atoms with Gasteiger partial charge in [-0.1, -0.05) is 0 Å². The van der Waals surface area contributed by atoms with E-state index in [1.165, 1.54) is 6.26 Å². The summed E-state index contributed by atoms with van der Waals surface area (Å²) in [6, 6.07) is 6.33. The number of benzene rings is 1. The van der Waals surface area contributed by atoms with Crippen LogP contribution in [-0.4, -0.2) is 24.2 Å². The van der Waals surface area contributed by atoms with Crippen LogP contribution in [0.4, 0.5) is 8.78 Å². The van der Waals surface area contributed by atoms with Crippen LogP contribution in [0.25, 0.3) is 0 Å². The zero-order valence-corrected chi connectivity index (χ0v) is 12.7. The second kappa shape index (κ2) is 8.33. The number of furan rings is 1. The molecule has 8 heteroatoms. The number of nitrogens with one attached hydrogen (secondary N) is 1. The Hall–Kier alpha value is -2.35. The first-order valence-electron chi connectivity index (χ1n) is 6.57. The van der Waals surface area contributed by atoms with Crippen LogP contribution in [-0.2, 0) is 20.9 Å².